The van der Waals surface area contributed by atoms with Gasteiger partial charge in [-0.15, -0.1) is 0 Å². The summed E-state index contributed by atoms with van der Waals surface area (Å²) in [6.45, 7) is 12.2. The van der Waals surface area contributed by atoms with Crippen LogP contribution in [0.25, 0.3) is 21.9 Å². The summed E-state index contributed by atoms with van der Waals surface area (Å²) in [5.74, 6) is 0.157. The predicted molar refractivity (Wildman–Crippen MR) is 208 cm³/mol. The molecule has 0 unspecified atom stereocenters. The van der Waals surface area contributed by atoms with Crippen LogP contribution in [0.5, 0.6) is 11.5 Å². The lowest BCUT2D eigenvalue weighted by atomic mass is 10.1. The second-order valence-corrected chi connectivity index (χ2v) is 12.8. The van der Waals surface area contributed by atoms with Gasteiger partial charge in [-0.2, -0.15) is 0 Å². The lowest BCUT2D eigenvalue weighted by Crippen LogP contribution is -2.40. The molecule has 1 aliphatic heterocycles. The van der Waals surface area contributed by atoms with Crippen LogP contribution < -0.4 is 31.4 Å². The van der Waals surface area contributed by atoms with Crippen LogP contribution in [0.3, 0.4) is 0 Å². The highest BCUT2D eigenvalue weighted by molar-refractivity contribution is 5.97. The molecule has 0 spiro atoms. The third-order valence-electron chi connectivity index (χ3n) is 8.90. The van der Waals surface area contributed by atoms with Gasteiger partial charge >= 0.3 is 11.3 Å². The van der Waals surface area contributed by atoms with E-state index < -0.39 is 23.1 Å². The van der Waals surface area contributed by atoms with Gasteiger partial charge in [0.05, 0.1) is 66.1 Å². The molecule has 2 aromatic heterocycles. The molecule has 5 rings (SSSR count). The molecule has 0 atom stereocenters. The van der Waals surface area contributed by atoms with Crippen LogP contribution in [0.1, 0.15) is 34.6 Å². The topological polar surface area (TPSA) is 180 Å². The van der Waals surface area contributed by atoms with Crippen molar-refractivity contribution in [2.24, 2.45) is 0 Å². The van der Waals surface area contributed by atoms with E-state index in [0.29, 0.717) is 152 Å². The summed E-state index contributed by atoms with van der Waals surface area (Å²) in [6.07, 6.45) is 0. The maximum atomic E-state index is 12.9. The number of hydrogen-bond acceptors (Lipinski definition) is 14. The van der Waals surface area contributed by atoms with E-state index >= 15 is 0 Å². The fourth-order valence-corrected chi connectivity index (χ4v) is 5.95. The van der Waals surface area contributed by atoms with Crippen LogP contribution in [-0.2, 0) is 18.9 Å². The Morgan fingerprint density at radius 3 is 1.30 bits per heavy atom. The molecule has 1 saturated heterocycles. The third-order valence-corrected chi connectivity index (χ3v) is 8.90. The van der Waals surface area contributed by atoms with Crippen molar-refractivity contribution in [1.29, 1.82) is 0 Å². The fraction of sp³-hybridized carbons (Fsp3) is 0.500. The summed E-state index contributed by atoms with van der Waals surface area (Å²) >= 11 is 0. The van der Waals surface area contributed by atoms with Gasteiger partial charge < -0.3 is 47.9 Å². The van der Waals surface area contributed by atoms with E-state index in [-0.39, 0.29) is 11.1 Å². The van der Waals surface area contributed by atoms with Crippen molar-refractivity contribution in [2.45, 2.75) is 13.8 Å². The highest BCUT2D eigenvalue weighted by Gasteiger charge is 2.17. The molecule has 0 aliphatic carbocycles. The molecule has 0 saturated carbocycles. The Morgan fingerprint density at radius 1 is 0.571 bits per heavy atom. The van der Waals surface area contributed by atoms with Gasteiger partial charge in [-0.3, -0.25) is 19.4 Å². The lowest BCUT2D eigenvalue weighted by Gasteiger charge is -2.24. The Morgan fingerprint density at radius 2 is 0.946 bits per heavy atom. The summed E-state index contributed by atoms with van der Waals surface area (Å²) in [7, 11) is 0. The number of nitrogens with zero attached hydrogens (tertiary/aromatic N) is 2. The van der Waals surface area contributed by atoms with Crippen molar-refractivity contribution >= 4 is 33.8 Å². The number of hydrogen-bond donors (Lipinski definition) is 2. The summed E-state index contributed by atoms with van der Waals surface area (Å²) in [5, 5.41) is 6.90. The van der Waals surface area contributed by atoms with Crippen molar-refractivity contribution in [3.8, 4) is 11.5 Å². The van der Waals surface area contributed by atoms with Crippen LogP contribution in [-0.4, -0.2) is 140 Å². The van der Waals surface area contributed by atoms with Gasteiger partial charge in [0, 0.05) is 75.3 Å². The Bertz CT molecular complexity index is 1820. The minimum atomic E-state index is -0.713. The first-order valence-corrected chi connectivity index (χ1v) is 19.1. The van der Waals surface area contributed by atoms with Crippen molar-refractivity contribution < 1.29 is 46.8 Å². The highest BCUT2D eigenvalue weighted by atomic mass is 16.5. The van der Waals surface area contributed by atoms with Crippen LogP contribution >= 0.6 is 0 Å². The monoisotopic (exact) mass is 780 g/mol. The molecule has 56 heavy (non-hydrogen) atoms. The summed E-state index contributed by atoms with van der Waals surface area (Å²) in [6, 6.07) is 13.4. The number of rotatable bonds is 12. The smallest absolute Gasteiger partial charge is 0.349 e. The first-order valence-electron chi connectivity index (χ1n) is 19.1. The van der Waals surface area contributed by atoms with Crippen molar-refractivity contribution in [3.63, 3.8) is 0 Å². The van der Waals surface area contributed by atoms with Crippen molar-refractivity contribution in [1.82, 2.24) is 20.4 Å². The molecule has 304 valence electrons. The Balaban J connectivity index is 1.03. The zero-order valence-corrected chi connectivity index (χ0v) is 32.1. The molecule has 2 N–H and O–H groups in total. The molecule has 2 amide bonds. The van der Waals surface area contributed by atoms with Gasteiger partial charge in [0.1, 0.15) is 33.8 Å². The summed E-state index contributed by atoms with van der Waals surface area (Å²) in [5.41, 5.74) is -0.845. The van der Waals surface area contributed by atoms with Gasteiger partial charge in [-0.25, -0.2) is 9.59 Å². The van der Waals surface area contributed by atoms with Crippen LogP contribution in [0.15, 0.2) is 67.0 Å². The maximum absolute atomic E-state index is 12.9. The van der Waals surface area contributed by atoms with E-state index in [1.165, 1.54) is 12.1 Å². The van der Waals surface area contributed by atoms with Crippen LogP contribution in [0, 0.1) is 0 Å². The minimum Gasteiger partial charge on any atom is -0.494 e. The van der Waals surface area contributed by atoms with Gasteiger partial charge in [0.2, 0.25) is 0 Å². The molecule has 4 aromatic rings. The number of fused-ring (bicyclic) bond motifs is 2. The molecular formula is C40H52N4O12. The first kappa shape index (κ1) is 42.3. The van der Waals surface area contributed by atoms with Crippen LogP contribution in [0.4, 0.5) is 0 Å². The van der Waals surface area contributed by atoms with Gasteiger partial charge in [0.25, 0.3) is 11.8 Å². The Hall–Kier alpha value is -4.84. The molecule has 1 fully saturated rings. The van der Waals surface area contributed by atoms with Crippen molar-refractivity contribution in [3.05, 3.63) is 80.5 Å². The van der Waals surface area contributed by atoms with Crippen molar-refractivity contribution in [2.75, 3.05) is 118 Å². The van der Waals surface area contributed by atoms with E-state index in [4.69, 9.17) is 37.3 Å². The van der Waals surface area contributed by atoms with E-state index in [2.05, 4.69) is 20.4 Å². The first-order chi connectivity index (χ1) is 27.3. The molecule has 2 aromatic carbocycles. The SMILES string of the molecule is CCOc1ccc2cc(C(=O)NCCN3CCOCCOCCN(CCNC(=O)c4cc5ccc(OCC)cc5oc4=O)CCOCCOCC3)c(=O)oc2c1. The Labute approximate surface area is 324 Å². The minimum absolute atomic E-state index is 0.0621. The zero-order chi connectivity index (χ0) is 39.5. The Kier molecular flexibility index (Phi) is 17.1. The average Bonchev–Trinajstić information content (AvgIpc) is 3.18. The lowest BCUT2D eigenvalue weighted by molar-refractivity contribution is 0.00839. The van der Waals surface area contributed by atoms with E-state index in [0.717, 1.165) is 0 Å². The summed E-state index contributed by atoms with van der Waals surface area (Å²) < 4.78 is 45.0. The standard InChI is InChI=1S/C40H52N4O12/c1-3-53-31-7-5-29-25-33(39(47)55-35(29)27-31)37(45)41-9-11-43-13-17-49-21-23-51-19-15-44(16-20-52-24-22-50-18-14-43)12-10-42-38(46)34-26-30-6-8-32(54-4-2)28-36(30)56-40(34)48/h5-8,25-28H,3-4,9-24H2,1-2H3,(H,41,45)(H,42,46). The van der Waals surface area contributed by atoms with E-state index in [9.17, 15) is 19.2 Å². The van der Waals surface area contributed by atoms with Gasteiger partial charge in [-0.05, 0) is 50.2 Å². The van der Waals surface area contributed by atoms with Gasteiger partial charge in [0.15, 0.2) is 0 Å². The molecule has 0 radical (unpaired) electrons. The second kappa shape index (κ2) is 22.6. The molecule has 16 heteroatoms. The number of nitrogens with one attached hydrogen (secondary N) is 2. The average molecular weight is 781 g/mol. The maximum Gasteiger partial charge on any atom is 0.349 e. The second-order valence-electron chi connectivity index (χ2n) is 12.8. The summed E-state index contributed by atoms with van der Waals surface area (Å²) in [4.78, 5) is 55.2. The fourth-order valence-electron chi connectivity index (χ4n) is 5.95. The number of ether oxygens (including phenoxy) is 6. The number of benzene rings is 2. The normalized spacial score (nSPS) is 16.2. The molecular weight excluding hydrogens is 728 g/mol. The molecule has 16 nitrogen and oxygen atoms in total. The predicted octanol–water partition coefficient (Wildman–Crippen LogP) is 2.54. The van der Waals surface area contributed by atoms with Crippen LogP contribution in [0.2, 0.25) is 0 Å². The van der Waals surface area contributed by atoms with E-state index in [1.807, 2.05) is 13.8 Å². The van der Waals surface area contributed by atoms with E-state index in [1.54, 1.807) is 36.4 Å². The zero-order valence-electron chi connectivity index (χ0n) is 32.1. The number of amides is 2. The molecule has 3 heterocycles. The quantitative estimate of drug-likeness (QED) is 0.200. The van der Waals surface area contributed by atoms with Gasteiger partial charge in [-0.1, -0.05) is 0 Å². The highest BCUT2D eigenvalue weighted by Crippen LogP contribution is 2.22. The number of carbonyl (C=O) groups excluding carboxylic acids is 2. The third kappa shape index (κ3) is 13.1. The molecule has 0 bridgehead atoms. The number of carbonyl (C=O) groups is 2. The molecule has 1 aliphatic rings. The largest absolute Gasteiger partial charge is 0.494 e.